The number of amides is 2. The van der Waals surface area contributed by atoms with Crippen molar-refractivity contribution in [3.05, 3.63) is 57.8 Å². The van der Waals surface area contributed by atoms with Crippen molar-refractivity contribution >= 4 is 17.4 Å². The summed E-state index contributed by atoms with van der Waals surface area (Å²) in [6.07, 6.45) is 0. The SMILES string of the molecule is Cc1ccsc1CNC(=O)NC[C@@](C)(O)c1ccccc1. The molecule has 0 radical (unpaired) electrons. The maximum atomic E-state index is 11.8. The van der Waals surface area contributed by atoms with E-state index < -0.39 is 5.60 Å². The molecule has 0 bridgehead atoms. The Bertz CT molecular complexity index is 593. The minimum atomic E-state index is -1.09. The summed E-state index contributed by atoms with van der Waals surface area (Å²) in [6.45, 7) is 4.37. The molecular formula is C16H20N2O2S. The Balaban J connectivity index is 1.82. The van der Waals surface area contributed by atoms with E-state index in [2.05, 4.69) is 10.6 Å². The summed E-state index contributed by atoms with van der Waals surface area (Å²) in [4.78, 5) is 12.9. The number of carbonyl (C=O) groups excluding carboxylic acids is 1. The standard InChI is InChI=1S/C16H20N2O2S/c1-12-8-9-21-14(12)10-17-15(19)18-11-16(2,20)13-6-4-3-5-7-13/h3-9,20H,10-11H2,1-2H3,(H2,17,18,19)/t16-/m1/s1. The summed E-state index contributed by atoms with van der Waals surface area (Å²) < 4.78 is 0. The maximum absolute atomic E-state index is 11.8. The van der Waals surface area contributed by atoms with Gasteiger partial charge in [0.2, 0.25) is 0 Å². The molecule has 1 atom stereocenters. The average Bonchev–Trinajstić information content (AvgIpc) is 2.89. The Morgan fingerprint density at radius 2 is 1.95 bits per heavy atom. The summed E-state index contributed by atoms with van der Waals surface area (Å²) in [5.41, 5.74) is 0.869. The lowest BCUT2D eigenvalue weighted by molar-refractivity contribution is 0.0594. The van der Waals surface area contributed by atoms with E-state index >= 15 is 0 Å². The van der Waals surface area contributed by atoms with Crippen LogP contribution in [0.15, 0.2) is 41.8 Å². The first-order valence-corrected chi connectivity index (χ1v) is 7.69. The fourth-order valence-corrected chi connectivity index (χ4v) is 2.81. The van der Waals surface area contributed by atoms with E-state index in [9.17, 15) is 9.90 Å². The van der Waals surface area contributed by atoms with Crippen LogP contribution in [-0.4, -0.2) is 17.7 Å². The van der Waals surface area contributed by atoms with Gasteiger partial charge in [-0.1, -0.05) is 30.3 Å². The molecule has 2 rings (SSSR count). The van der Waals surface area contributed by atoms with Crippen molar-refractivity contribution in [3.8, 4) is 0 Å². The first-order chi connectivity index (χ1) is 9.99. The molecule has 1 heterocycles. The van der Waals surface area contributed by atoms with E-state index in [0.29, 0.717) is 6.54 Å². The fourth-order valence-electron chi connectivity index (χ4n) is 1.96. The number of thiophene rings is 1. The van der Waals surface area contributed by atoms with Crippen LogP contribution >= 0.6 is 11.3 Å². The second kappa shape index (κ2) is 6.74. The van der Waals surface area contributed by atoms with Gasteiger partial charge in [0.1, 0.15) is 5.60 Å². The van der Waals surface area contributed by atoms with Gasteiger partial charge in [-0.3, -0.25) is 0 Å². The molecule has 112 valence electrons. The van der Waals surface area contributed by atoms with Crippen LogP contribution in [0.1, 0.15) is 22.9 Å². The molecule has 0 aliphatic rings. The van der Waals surface area contributed by atoms with Crippen LogP contribution in [0, 0.1) is 6.92 Å². The summed E-state index contributed by atoms with van der Waals surface area (Å²) in [7, 11) is 0. The highest BCUT2D eigenvalue weighted by atomic mass is 32.1. The number of hydrogen-bond donors (Lipinski definition) is 3. The molecule has 3 N–H and O–H groups in total. The molecule has 0 saturated heterocycles. The second-order valence-corrected chi connectivity index (χ2v) is 6.20. The van der Waals surface area contributed by atoms with Crippen LogP contribution in [-0.2, 0) is 12.1 Å². The Kier molecular flexibility index (Phi) is 4.98. The highest BCUT2D eigenvalue weighted by Crippen LogP contribution is 2.19. The smallest absolute Gasteiger partial charge is 0.315 e. The number of aliphatic hydroxyl groups is 1. The molecule has 2 amide bonds. The van der Waals surface area contributed by atoms with Crippen molar-refractivity contribution < 1.29 is 9.90 Å². The predicted octanol–water partition coefficient (Wildman–Crippen LogP) is 2.76. The maximum Gasteiger partial charge on any atom is 0.315 e. The van der Waals surface area contributed by atoms with Gasteiger partial charge < -0.3 is 15.7 Å². The molecular weight excluding hydrogens is 284 g/mol. The molecule has 0 fully saturated rings. The molecule has 5 heteroatoms. The van der Waals surface area contributed by atoms with Crippen LogP contribution in [0.3, 0.4) is 0 Å². The highest BCUT2D eigenvalue weighted by Gasteiger charge is 2.23. The van der Waals surface area contributed by atoms with Crippen molar-refractivity contribution in [3.63, 3.8) is 0 Å². The molecule has 1 aromatic carbocycles. The highest BCUT2D eigenvalue weighted by molar-refractivity contribution is 7.10. The third-order valence-corrected chi connectivity index (χ3v) is 4.39. The predicted molar refractivity (Wildman–Crippen MR) is 85.3 cm³/mol. The lowest BCUT2D eigenvalue weighted by Gasteiger charge is -2.24. The number of hydrogen-bond acceptors (Lipinski definition) is 3. The van der Waals surface area contributed by atoms with Crippen molar-refractivity contribution in [1.29, 1.82) is 0 Å². The molecule has 0 aliphatic heterocycles. The number of benzene rings is 1. The summed E-state index contributed by atoms with van der Waals surface area (Å²) in [5.74, 6) is 0. The third kappa shape index (κ3) is 4.31. The van der Waals surface area contributed by atoms with Gasteiger partial charge in [0.15, 0.2) is 0 Å². The van der Waals surface area contributed by atoms with Gasteiger partial charge in [0.25, 0.3) is 0 Å². The Morgan fingerprint density at radius 1 is 1.24 bits per heavy atom. The first kappa shape index (κ1) is 15.5. The normalized spacial score (nSPS) is 13.5. The van der Waals surface area contributed by atoms with E-state index in [-0.39, 0.29) is 12.6 Å². The zero-order valence-electron chi connectivity index (χ0n) is 12.2. The second-order valence-electron chi connectivity index (χ2n) is 5.20. The van der Waals surface area contributed by atoms with Crippen LogP contribution in [0.5, 0.6) is 0 Å². The molecule has 4 nitrogen and oxygen atoms in total. The van der Waals surface area contributed by atoms with Gasteiger partial charge in [-0.25, -0.2) is 4.79 Å². The van der Waals surface area contributed by atoms with E-state index in [4.69, 9.17) is 0 Å². The molecule has 2 aromatic rings. The molecule has 0 aliphatic carbocycles. The van der Waals surface area contributed by atoms with Crippen molar-refractivity contribution in [2.75, 3.05) is 6.54 Å². The minimum Gasteiger partial charge on any atom is -0.384 e. The average molecular weight is 304 g/mol. The van der Waals surface area contributed by atoms with Crippen LogP contribution in [0.2, 0.25) is 0 Å². The number of nitrogens with one attached hydrogen (secondary N) is 2. The topological polar surface area (TPSA) is 61.4 Å². The number of aryl methyl sites for hydroxylation is 1. The number of carbonyl (C=O) groups is 1. The van der Waals surface area contributed by atoms with Crippen LogP contribution in [0.25, 0.3) is 0 Å². The minimum absolute atomic E-state index is 0.159. The van der Waals surface area contributed by atoms with E-state index in [0.717, 1.165) is 10.4 Å². The van der Waals surface area contributed by atoms with Gasteiger partial charge in [0, 0.05) is 4.88 Å². The molecule has 1 aromatic heterocycles. The number of urea groups is 1. The largest absolute Gasteiger partial charge is 0.384 e. The Labute approximate surface area is 128 Å². The van der Waals surface area contributed by atoms with Crippen molar-refractivity contribution in [2.45, 2.75) is 26.0 Å². The first-order valence-electron chi connectivity index (χ1n) is 6.81. The van der Waals surface area contributed by atoms with Gasteiger partial charge in [-0.2, -0.15) is 0 Å². The van der Waals surface area contributed by atoms with E-state index in [1.807, 2.05) is 48.7 Å². The Morgan fingerprint density at radius 3 is 2.57 bits per heavy atom. The lowest BCUT2D eigenvalue weighted by Crippen LogP contribution is -2.43. The monoisotopic (exact) mass is 304 g/mol. The summed E-state index contributed by atoms with van der Waals surface area (Å²) in [6, 6.07) is 11.1. The lowest BCUT2D eigenvalue weighted by atomic mass is 9.96. The van der Waals surface area contributed by atoms with Gasteiger partial charge in [0.05, 0.1) is 13.1 Å². The van der Waals surface area contributed by atoms with E-state index in [1.165, 1.54) is 5.56 Å². The van der Waals surface area contributed by atoms with E-state index in [1.54, 1.807) is 18.3 Å². The van der Waals surface area contributed by atoms with Gasteiger partial charge in [-0.05, 0) is 36.4 Å². The molecule has 0 saturated carbocycles. The summed E-state index contributed by atoms with van der Waals surface area (Å²) in [5, 5.41) is 17.9. The zero-order chi connectivity index (χ0) is 15.3. The van der Waals surface area contributed by atoms with Crippen LogP contribution in [0.4, 0.5) is 4.79 Å². The molecule has 21 heavy (non-hydrogen) atoms. The molecule has 0 spiro atoms. The Hall–Kier alpha value is -1.85. The van der Waals surface area contributed by atoms with Crippen molar-refractivity contribution in [2.24, 2.45) is 0 Å². The zero-order valence-corrected chi connectivity index (χ0v) is 13.0. The van der Waals surface area contributed by atoms with Gasteiger partial charge >= 0.3 is 6.03 Å². The van der Waals surface area contributed by atoms with Gasteiger partial charge in [-0.15, -0.1) is 11.3 Å². The fraction of sp³-hybridized carbons (Fsp3) is 0.312. The third-order valence-electron chi connectivity index (χ3n) is 3.37. The number of rotatable bonds is 5. The quantitative estimate of drug-likeness (QED) is 0.795. The van der Waals surface area contributed by atoms with Crippen molar-refractivity contribution in [1.82, 2.24) is 10.6 Å². The summed E-state index contributed by atoms with van der Waals surface area (Å²) >= 11 is 1.62. The molecule has 0 unspecified atom stereocenters. The van der Waals surface area contributed by atoms with Crippen LogP contribution < -0.4 is 10.6 Å².